The zero-order valence-corrected chi connectivity index (χ0v) is 15.8. The van der Waals surface area contributed by atoms with Crippen molar-refractivity contribution >= 4 is 33.7 Å². The van der Waals surface area contributed by atoms with E-state index in [1.165, 1.54) is 6.21 Å². The Balaban J connectivity index is 1.34. The molecule has 4 aromatic rings. The highest BCUT2D eigenvalue weighted by Gasteiger charge is 2.10. The summed E-state index contributed by atoms with van der Waals surface area (Å²) in [4.78, 5) is 16.4. The first-order chi connectivity index (χ1) is 14.2. The van der Waals surface area contributed by atoms with Gasteiger partial charge < -0.3 is 9.15 Å². The van der Waals surface area contributed by atoms with Crippen molar-refractivity contribution in [3.8, 4) is 22.6 Å². The van der Waals surface area contributed by atoms with Crippen LogP contribution in [0.1, 0.15) is 11.3 Å². The number of nitrogens with one attached hydrogen (secondary N) is 1. The number of thiazole rings is 1. The summed E-state index contributed by atoms with van der Waals surface area (Å²) >= 11 is 1.54. The van der Waals surface area contributed by atoms with Gasteiger partial charge in [0.15, 0.2) is 17.4 Å². The monoisotopic (exact) mass is 402 g/mol. The fraction of sp³-hybridized carbons (Fsp3) is 0.0476. The normalized spacial score (nSPS) is 10.9. The maximum absolute atomic E-state index is 11.9. The number of carbonyl (C=O) groups excluding carboxylic acids is 1. The Kier molecular flexibility index (Phi) is 5.31. The van der Waals surface area contributed by atoms with Crippen LogP contribution in [0.15, 0.2) is 70.2 Å². The Morgan fingerprint density at radius 2 is 2.03 bits per heavy atom. The quantitative estimate of drug-likeness (QED) is 0.389. The Labute approximate surface area is 169 Å². The Morgan fingerprint density at radius 3 is 2.90 bits per heavy atom. The van der Waals surface area contributed by atoms with E-state index in [0.717, 1.165) is 15.2 Å². The highest BCUT2D eigenvalue weighted by atomic mass is 32.1. The molecule has 0 saturated carbocycles. The lowest BCUT2D eigenvalue weighted by molar-refractivity contribution is -0.123. The van der Waals surface area contributed by atoms with Gasteiger partial charge in [0, 0.05) is 0 Å². The number of nitriles is 1. The molecule has 1 amide bonds. The third-order valence-corrected chi connectivity index (χ3v) is 4.93. The molecule has 0 aliphatic carbocycles. The van der Waals surface area contributed by atoms with E-state index in [1.807, 2.05) is 36.4 Å². The molecule has 142 valence electrons. The van der Waals surface area contributed by atoms with Crippen LogP contribution in [0.5, 0.6) is 5.75 Å². The van der Waals surface area contributed by atoms with Crippen molar-refractivity contribution in [2.45, 2.75) is 0 Å². The number of aromatic nitrogens is 1. The summed E-state index contributed by atoms with van der Waals surface area (Å²) in [6, 6.07) is 20.1. The van der Waals surface area contributed by atoms with E-state index in [-0.39, 0.29) is 6.61 Å². The van der Waals surface area contributed by atoms with Gasteiger partial charge in [-0.15, -0.1) is 11.3 Å². The SMILES string of the molecule is N#Cc1ccccc1OCC(=O)N/N=C\c1ccc(-c2nc3ccccc3s2)o1. The van der Waals surface area contributed by atoms with Gasteiger partial charge in [-0.1, -0.05) is 24.3 Å². The molecular weight excluding hydrogens is 388 g/mol. The number of hydrogen-bond acceptors (Lipinski definition) is 7. The number of hydrogen-bond donors (Lipinski definition) is 1. The number of rotatable bonds is 6. The van der Waals surface area contributed by atoms with Crippen molar-refractivity contribution in [3.05, 3.63) is 72.0 Å². The minimum absolute atomic E-state index is 0.259. The smallest absolute Gasteiger partial charge is 0.277 e. The standard InChI is InChI=1S/C21H14N4O3S/c22-11-14-5-1-3-7-17(14)27-13-20(26)25-23-12-15-9-10-18(28-15)21-24-16-6-2-4-8-19(16)29-21/h1-10,12H,13H2,(H,25,26)/b23-12-. The molecule has 0 unspecified atom stereocenters. The number of amides is 1. The van der Waals surface area contributed by atoms with Crippen LogP contribution in [0.25, 0.3) is 21.0 Å². The maximum Gasteiger partial charge on any atom is 0.277 e. The van der Waals surface area contributed by atoms with Crippen LogP contribution in [0.2, 0.25) is 0 Å². The molecule has 0 saturated heterocycles. The minimum atomic E-state index is -0.452. The first-order valence-corrected chi connectivity index (χ1v) is 9.44. The van der Waals surface area contributed by atoms with E-state index < -0.39 is 5.91 Å². The second-order valence-corrected chi connectivity index (χ2v) is 6.91. The fourth-order valence-corrected chi connectivity index (χ4v) is 3.47. The number of furan rings is 1. The van der Waals surface area contributed by atoms with Gasteiger partial charge in [0.05, 0.1) is 22.0 Å². The van der Waals surface area contributed by atoms with E-state index in [9.17, 15) is 4.79 Å². The van der Waals surface area contributed by atoms with Gasteiger partial charge in [-0.3, -0.25) is 4.79 Å². The van der Waals surface area contributed by atoms with Crippen LogP contribution in [0.4, 0.5) is 0 Å². The molecule has 2 aromatic heterocycles. The van der Waals surface area contributed by atoms with Crippen molar-refractivity contribution in [2.24, 2.45) is 5.10 Å². The average Bonchev–Trinajstić information content (AvgIpc) is 3.39. The first kappa shape index (κ1) is 18.4. The minimum Gasteiger partial charge on any atom is -0.482 e. The molecule has 0 radical (unpaired) electrons. The maximum atomic E-state index is 11.9. The molecule has 0 spiro atoms. The summed E-state index contributed by atoms with van der Waals surface area (Å²) in [6.07, 6.45) is 1.40. The van der Waals surface area contributed by atoms with Crippen LogP contribution in [-0.4, -0.2) is 23.7 Å². The Bertz CT molecular complexity index is 1200. The highest BCUT2D eigenvalue weighted by Crippen LogP contribution is 2.30. The lowest BCUT2D eigenvalue weighted by Crippen LogP contribution is -2.24. The summed E-state index contributed by atoms with van der Waals surface area (Å²) in [5, 5.41) is 13.7. The predicted octanol–water partition coefficient (Wildman–Crippen LogP) is 3.96. The molecule has 1 N–H and O–H groups in total. The van der Waals surface area contributed by atoms with Crippen molar-refractivity contribution in [2.75, 3.05) is 6.61 Å². The molecule has 7 nitrogen and oxygen atoms in total. The van der Waals surface area contributed by atoms with Crippen molar-refractivity contribution in [1.82, 2.24) is 10.4 Å². The molecule has 4 rings (SSSR count). The summed E-state index contributed by atoms with van der Waals surface area (Å²) in [5.41, 5.74) is 3.64. The van der Waals surface area contributed by atoms with Crippen LogP contribution in [0.3, 0.4) is 0 Å². The fourth-order valence-electron chi connectivity index (χ4n) is 2.54. The molecular formula is C21H14N4O3S. The largest absolute Gasteiger partial charge is 0.482 e. The van der Waals surface area contributed by atoms with Crippen molar-refractivity contribution < 1.29 is 13.9 Å². The molecule has 0 atom stereocenters. The third-order valence-electron chi connectivity index (χ3n) is 3.88. The van der Waals surface area contributed by atoms with Crippen LogP contribution < -0.4 is 10.2 Å². The summed E-state index contributed by atoms with van der Waals surface area (Å²) in [5.74, 6) is 1.01. The van der Waals surface area contributed by atoms with E-state index in [4.69, 9.17) is 14.4 Å². The number of nitrogens with zero attached hydrogens (tertiary/aromatic N) is 3. The molecule has 29 heavy (non-hydrogen) atoms. The molecule has 0 fully saturated rings. The van der Waals surface area contributed by atoms with Gasteiger partial charge in [-0.05, 0) is 36.4 Å². The second kappa shape index (κ2) is 8.37. The third kappa shape index (κ3) is 4.31. The molecule has 0 aliphatic rings. The van der Waals surface area contributed by atoms with Crippen LogP contribution in [0, 0.1) is 11.3 Å². The molecule has 2 aromatic carbocycles. The van der Waals surface area contributed by atoms with Gasteiger partial charge >= 0.3 is 0 Å². The highest BCUT2D eigenvalue weighted by molar-refractivity contribution is 7.21. The Morgan fingerprint density at radius 1 is 1.21 bits per heavy atom. The van der Waals surface area contributed by atoms with E-state index in [2.05, 4.69) is 15.5 Å². The van der Waals surface area contributed by atoms with Crippen molar-refractivity contribution in [1.29, 1.82) is 5.26 Å². The number of ether oxygens (including phenoxy) is 1. The van der Waals surface area contributed by atoms with Crippen LogP contribution >= 0.6 is 11.3 Å². The zero-order chi connectivity index (χ0) is 20.1. The van der Waals surface area contributed by atoms with Crippen LogP contribution in [-0.2, 0) is 4.79 Å². The number of fused-ring (bicyclic) bond motifs is 1. The lowest BCUT2D eigenvalue weighted by atomic mass is 10.2. The van der Waals surface area contributed by atoms with Gasteiger partial charge in [0.2, 0.25) is 0 Å². The van der Waals surface area contributed by atoms with E-state index in [0.29, 0.717) is 22.8 Å². The van der Waals surface area contributed by atoms with E-state index in [1.54, 1.807) is 41.7 Å². The first-order valence-electron chi connectivity index (χ1n) is 8.62. The molecule has 0 bridgehead atoms. The summed E-state index contributed by atoms with van der Waals surface area (Å²) in [7, 11) is 0. The van der Waals surface area contributed by atoms with Gasteiger partial charge in [0.25, 0.3) is 5.91 Å². The number of hydrazone groups is 1. The summed E-state index contributed by atoms with van der Waals surface area (Å²) in [6.45, 7) is -0.259. The zero-order valence-electron chi connectivity index (χ0n) is 15.0. The molecule has 8 heteroatoms. The van der Waals surface area contributed by atoms with E-state index >= 15 is 0 Å². The van der Waals surface area contributed by atoms with Gasteiger partial charge in [-0.25, -0.2) is 10.4 Å². The predicted molar refractivity (Wildman–Crippen MR) is 110 cm³/mol. The van der Waals surface area contributed by atoms with Gasteiger partial charge in [-0.2, -0.15) is 10.4 Å². The summed E-state index contributed by atoms with van der Waals surface area (Å²) < 4.78 is 12.1. The molecule has 0 aliphatic heterocycles. The Hall–Kier alpha value is -3.96. The average molecular weight is 402 g/mol. The number of carbonyl (C=O) groups is 1. The molecule has 2 heterocycles. The number of para-hydroxylation sites is 2. The van der Waals surface area contributed by atoms with Crippen molar-refractivity contribution in [3.63, 3.8) is 0 Å². The second-order valence-electron chi connectivity index (χ2n) is 5.88. The number of benzene rings is 2. The lowest BCUT2D eigenvalue weighted by Gasteiger charge is -2.05. The van der Waals surface area contributed by atoms with Gasteiger partial charge in [0.1, 0.15) is 17.6 Å². The topological polar surface area (TPSA) is 101 Å².